The van der Waals surface area contributed by atoms with E-state index in [0.29, 0.717) is 0 Å². The maximum absolute atomic E-state index is 12.8. The van der Waals surface area contributed by atoms with Gasteiger partial charge in [-0.15, -0.1) is 0 Å². The highest BCUT2D eigenvalue weighted by Crippen LogP contribution is 2.23. The molecule has 6 bridgehead atoms. The number of nitrogens with zero attached hydrogens (tertiary/aromatic N) is 3. The number of fused-ring (bicyclic) bond motifs is 6. The lowest BCUT2D eigenvalue weighted by atomic mass is 10.2. The predicted molar refractivity (Wildman–Crippen MR) is 117 cm³/mol. The minimum absolute atomic E-state index is 0.370. The van der Waals surface area contributed by atoms with Crippen LogP contribution in [0.25, 0.3) is 0 Å². The van der Waals surface area contributed by atoms with Crippen LogP contribution < -0.4 is 16.0 Å². The van der Waals surface area contributed by atoms with Crippen LogP contribution in [0.3, 0.4) is 0 Å². The molecule has 18 nitrogen and oxygen atoms in total. The normalized spacial score (nSPS) is 19.7. The first kappa shape index (κ1) is 26.5. The third-order valence-electron chi connectivity index (χ3n) is 5.21. The van der Waals surface area contributed by atoms with Gasteiger partial charge < -0.3 is 44.5 Å². The summed E-state index contributed by atoms with van der Waals surface area (Å²) >= 11 is 0. The maximum atomic E-state index is 12.8. The molecule has 0 saturated carbocycles. The third-order valence-corrected chi connectivity index (χ3v) is 5.21. The van der Waals surface area contributed by atoms with Crippen molar-refractivity contribution in [2.75, 3.05) is 0 Å². The molecule has 0 aliphatic carbocycles. The molecular formula is C21H18N6O12. The topological polar surface area (TPSA) is 277 Å². The van der Waals surface area contributed by atoms with Crippen LogP contribution in [0.2, 0.25) is 0 Å². The van der Waals surface area contributed by atoms with Crippen molar-refractivity contribution in [2.24, 2.45) is 0 Å². The van der Waals surface area contributed by atoms with Gasteiger partial charge in [-0.1, -0.05) is 0 Å². The number of carboxylic acid groups (broad SMARTS) is 3. The summed E-state index contributed by atoms with van der Waals surface area (Å²) in [5.74, 6) is -8.10. The fourth-order valence-corrected chi connectivity index (χ4v) is 3.48. The largest absolute Gasteiger partial charge is 0.481 e. The standard InChI is InChI=1S/C21H18N6O12/c28-13(29)1-7-19-25-11(4-37-19)17(35)23-9(3-15(32)33)21-27-12(6-39-21)18(36)24-8(2-14(30)31)20-26-10(5-38-20)16(34)22-7/h4-9H,1-3H2,(H,22,34)(H,23,35)(H,24,36)(H,28,29)(H,30,31)(H,32,33)/t7-,8-,9-/m0/s1. The minimum atomic E-state index is -1.39. The van der Waals surface area contributed by atoms with E-state index < -0.39 is 90.1 Å². The minimum Gasteiger partial charge on any atom is -0.481 e. The molecule has 0 spiro atoms. The first-order chi connectivity index (χ1) is 18.5. The van der Waals surface area contributed by atoms with Gasteiger partial charge in [-0.3, -0.25) is 28.8 Å². The van der Waals surface area contributed by atoms with Crippen LogP contribution in [0, 0.1) is 0 Å². The number of amides is 3. The molecule has 3 aromatic heterocycles. The Kier molecular flexibility index (Phi) is 7.36. The molecule has 0 radical (unpaired) electrons. The smallest absolute Gasteiger partial charge is 0.305 e. The van der Waals surface area contributed by atoms with E-state index in [9.17, 15) is 44.1 Å². The van der Waals surface area contributed by atoms with Gasteiger partial charge in [-0.25, -0.2) is 15.0 Å². The van der Waals surface area contributed by atoms with Gasteiger partial charge in [-0.2, -0.15) is 0 Å². The van der Waals surface area contributed by atoms with Crippen LogP contribution in [0.15, 0.2) is 32.0 Å². The van der Waals surface area contributed by atoms with Gasteiger partial charge in [0.1, 0.15) is 36.9 Å². The Morgan fingerprint density at radius 1 is 0.590 bits per heavy atom. The molecule has 3 amide bonds. The van der Waals surface area contributed by atoms with Crippen molar-refractivity contribution < 1.29 is 57.3 Å². The Morgan fingerprint density at radius 3 is 1.08 bits per heavy atom. The Bertz CT molecular complexity index is 1280. The zero-order valence-electron chi connectivity index (χ0n) is 19.4. The van der Waals surface area contributed by atoms with E-state index >= 15 is 0 Å². The van der Waals surface area contributed by atoms with Crippen LogP contribution in [-0.4, -0.2) is 65.9 Å². The van der Waals surface area contributed by atoms with Crippen LogP contribution in [-0.2, 0) is 14.4 Å². The van der Waals surface area contributed by atoms with Gasteiger partial charge in [0, 0.05) is 0 Å². The van der Waals surface area contributed by atoms with Gasteiger partial charge in [0.15, 0.2) is 17.1 Å². The summed E-state index contributed by atoms with van der Waals surface area (Å²) < 4.78 is 15.6. The molecule has 18 heteroatoms. The van der Waals surface area contributed by atoms with Crippen molar-refractivity contribution in [2.45, 2.75) is 37.4 Å². The number of rotatable bonds is 6. The summed E-state index contributed by atoms with van der Waals surface area (Å²) in [7, 11) is 0. The van der Waals surface area contributed by atoms with E-state index in [-0.39, 0.29) is 17.7 Å². The Balaban J connectivity index is 1.77. The number of oxazole rings is 3. The fourth-order valence-electron chi connectivity index (χ4n) is 3.48. The van der Waals surface area contributed by atoms with E-state index in [2.05, 4.69) is 30.9 Å². The number of nitrogens with one attached hydrogen (secondary N) is 3. The number of aliphatic carboxylic acids is 3. The number of carbonyl (C=O) groups is 6. The highest BCUT2D eigenvalue weighted by atomic mass is 16.4. The second-order valence-corrected chi connectivity index (χ2v) is 8.08. The molecule has 1 aliphatic rings. The fraction of sp³-hybridized carbons (Fsp3) is 0.286. The van der Waals surface area contributed by atoms with Crippen LogP contribution in [0.5, 0.6) is 0 Å². The molecule has 0 unspecified atom stereocenters. The molecule has 39 heavy (non-hydrogen) atoms. The molecule has 0 aromatic carbocycles. The first-order valence-electron chi connectivity index (χ1n) is 10.9. The number of aromatic nitrogens is 3. The molecule has 0 saturated heterocycles. The summed E-state index contributed by atoms with van der Waals surface area (Å²) in [6.45, 7) is 0. The summed E-state index contributed by atoms with van der Waals surface area (Å²) in [5.41, 5.74) is -1.18. The Morgan fingerprint density at radius 2 is 0.846 bits per heavy atom. The van der Waals surface area contributed by atoms with Crippen LogP contribution >= 0.6 is 0 Å². The molecule has 1 aliphatic heterocycles. The van der Waals surface area contributed by atoms with Gasteiger partial charge in [0.2, 0.25) is 17.7 Å². The van der Waals surface area contributed by atoms with Crippen molar-refractivity contribution in [3.8, 4) is 0 Å². The lowest BCUT2D eigenvalue weighted by Crippen LogP contribution is -2.33. The second kappa shape index (κ2) is 10.8. The Hall–Kier alpha value is -5.55. The van der Waals surface area contributed by atoms with E-state index in [1.54, 1.807) is 0 Å². The molecule has 6 N–H and O–H groups in total. The van der Waals surface area contributed by atoms with E-state index in [4.69, 9.17) is 13.3 Å². The molecule has 3 atom stereocenters. The third kappa shape index (κ3) is 6.24. The Labute approximate surface area is 215 Å². The molecule has 0 fully saturated rings. The predicted octanol–water partition coefficient (Wildman–Crippen LogP) is -0.199. The quantitative estimate of drug-likeness (QED) is 0.233. The second-order valence-electron chi connectivity index (χ2n) is 8.08. The van der Waals surface area contributed by atoms with Crippen molar-refractivity contribution in [1.82, 2.24) is 30.9 Å². The summed E-state index contributed by atoms with van der Waals surface area (Å²) in [4.78, 5) is 84.2. The first-order valence-corrected chi connectivity index (χ1v) is 10.9. The zero-order chi connectivity index (χ0) is 28.3. The van der Waals surface area contributed by atoms with E-state index in [0.717, 1.165) is 18.8 Å². The molecular weight excluding hydrogens is 528 g/mol. The van der Waals surface area contributed by atoms with Crippen LogP contribution in [0.1, 0.15) is 86.5 Å². The highest BCUT2D eigenvalue weighted by Gasteiger charge is 2.31. The zero-order valence-corrected chi connectivity index (χ0v) is 19.4. The average Bonchev–Trinajstić information content (AvgIpc) is 3.62. The van der Waals surface area contributed by atoms with Gasteiger partial charge >= 0.3 is 17.9 Å². The van der Waals surface area contributed by atoms with E-state index in [1.807, 2.05) is 0 Å². The lowest BCUT2D eigenvalue weighted by molar-refractivity contribution is -0.138. The molecule has 4 heterocycles. The number of hydrogen-bond donors (Lipinski definition) is 6. The monoisotopic (exact) mass is 546 g/mol. The highest BCUT2D eigenvalue weighted by molar-refractivity contribution is 5.94. The summed E-state index contributed by atoms with van der Waals surface area (Å²) in [5, 5.41) is 34.8. The van der Waals surface area contributed by atoms with Crippen LogP contribution in [0.4, 0.5) is 0 Å². The van der Waals surface area contributed by atoms with Crippen molar-refractivity contribution in [3.05, 3.63) is 53.5 Å². The molecule has 4 rings (SSSR count). The average molecular weight is 546 g/mol. The SMILES string of the molecule is O=C(O)C[C@@H]1NC(=O)c2coc(n2)[C@H](CC(=O)O)NC(=O)c2coc(n2)[C@H](CC(=O)O)NC(=O)c2coc1n2. The lowest BCUT2D eigenvalue weighted by Gasteiger charge is -2.14. The van der Waals surface area contributed by atoms with Crippen molar-refractivity contribution >= 4 is 35.6 Å². The van der Waals surface area contributed by atoms with Gasteiger partial charge in [0.05, 0.1) is 19.3 Å². The van der Waals surface area contributed by atoms with Crippen molar-refractivity contribution in [3.63, 3.8) is 0 Å². The molecule has 3 aromatic rings. The van der Waals surface area contributed by atoms with Crippen molar-refractivity contribution in [1.29, 1.82) is 0 Å². The number of hydrogen-bond acceptors (Lipinski definition) is 12. The van der Waals surface area contributed by atoms with Gasteiger partial charge in [0.25, 0.3) is 17.7 Å². The number of carbonyl (C=O) groups excluding carboxylic acids is 3. The molecule has 204 valence electrons. The summed E-state index contributed by atoms with van der Waals surface area (Å²) in [6, 6.07) is -4.18. The summed E-state index contributed by atoms with van der Waals surface area (Å²) in [6.07, 6.45) is 0.397. The van der Waals surface area contributed by atoms with E-state index in [1.165, 1.54) is 0 Å². The van der Waals surface area contributed by atoms with Gasteiger partial charge in [-0.05, 0) is 0 Å². The number of carboxylic acids is 3. The maximum Gasteiger partial charge on any atom is 0.305 e.